The van der Waals surface area contributed by atoms with Crippen molar-refractivity contribution >= 4 is 45.2 Å². The Labute approximate surface area is 185 Å². The fourth-order valence-corrected chi connectivity index (χ4v) is 6.05. The molecule has 0 fully saturated rings. The SMILES string of the molecule is CCCC[B-](c1ccccc1)(c1ccccc1)c1ccccc1.CSC[S+](C)C. The van der Waals surface area contributed by atoms with Gasteiger partial charge in [0.2, 0.25) is 0 Å². The first-order chi connectivity index (χ1) is 14.1. The van der Waals surface area contributed by atoms with E-state index in [0.29, 0.717) is 10.9 Å². The van der Waals surface area contributed by atoms with Crippen LogP contribution in [0, 0.1) is 0 Å². The van der Waals surface area contributed by atoms with E-state index in [0.717, 1.165) is 0 Å². The topological polar surface area (TPSA) is 0 Å². The highest BCUT2D eigenvalue weighted by Crippen LogP contribution is 2.16. The second-order valence-electron chi connectivity index (χ2n) is 7.81. The van der Waals surface area contributed by atoms with E-state index in [1.807, 2.05) is 11.8 Å². The summed E-state index contributed by atoms with van der Waals surface area (Å²) >= 11 is 1.92. The Bertz CT molecular complexity index is 692. The molecule has 0 aliphatic carbocycles. The summed E-state index contributed by atoms with van der Waals surface area (Å²) < 4.78 is 0. The normalized spacial score (nSPS) is 11.1. The number of thioether (sulfide) groups is 1. The Morgan fingerprint density at radius 2 is 1.07 bits per heavy atom. The zero-order valence-corrected chi connectivity index (χ0v) is 20.0. The predicted molar refractivity (Wildman–Crippen MR) is 141 cm³/mol. The molecule has 0 saturated carbocycles. The Balaban J connectivity index is 0.000000438. The van der Waals surface area contributed by atoms with Crippen LogP contribution in [0.25, 0.3) is 0 Å². The number of rotatable bonds is 8. The van der Waals surface area contributed by atoms with Crippen LogP contribution >= 0.6 is 11.8 Å². The minimum atomic E-state index is -0.913. The van der Waals surface area contributed by atoms with E-state index < -0.39 is 6.15 Å². The summed E-state index contributed by atoms with van der Waals surface area (Å²) in [4.78, 5) is 0. The van der Waals surface area contributed by atoms with Crippen LogP contribution in [0.5, 0.6) is 0 Å². The van der Waals surface area contributed by atoms with Crippen LogP contribution in [0.15, 0.2) is 91.0 Å². The maximum atomic E-state index is 2.30. The molecule has 0 saturated heterocycles. The summed E-state index contributed by atoms with van der Waals surface area (Å²) in [7, 11) is 0.647. The summed E-state index contributed by atoms with van der Waals surface area (Å²) in [6, 6.07) is 33.2. The summed E-state index contributed by atoms with van der Waals surface area (Å²) in [5.41, 5.74) is 4.33. The molecular formula is C26H35BS2. The first-order valence-electron chi connectivity index (χ1n) is 10.5. The highest BCUT2D eigenvalue weighted by Gasteiger charge is 2.28. The first kappa shape index (κ1) is 23.7. The fraction of sp³-hybridized carbons (Fsp3) is 0.308. The molecule has 3 aromatic carbocycles. The smallest absolute Gasteiger partial charge is 0.152 e. The Morgan fingerprint density at radius 1 is 0.690 bits per heavy atom. The van der Waals surface area contributed by atoms with E-state index in [9.17, 15) is 0 Å². The molecule has 0 heterocycles. The van der Waals surface area contributed by atoms with E-state index in [-0.39, 0.29) is 0 Å². The van der Waals surface area contributed by atoms with Crippen molar-refractivity contribution in [2.45, 2.75) is 26.1 Å². The quantitative estimate of drug-likeness (QED) is 0.358. The second-order valence-corrected chi connectivity index (χ2v) is 11.3. The van der Waals surface area contributed by atoms with E-state index >= 15 is 0 Å². The van der Waals surface area contributed by atoms with Crippen LogP contribution in [0.3, 0.4) is 0 Å². The van der Waals surface area contributed by atoms with Crippen LogP contribution in [0.4, 0.5) is 0 Å². The molecule has 0 aliphatic heterocycles. The van der Waals surface area contributed by atoms with Crippen LogP contribution in [0.1, 0.15) is 19.8 Å². The molecule has 0 aliphatic rings. The molecule has 3 aromatic rings. The molecule has 0 unspecified atom stereocenters. The lowest BCUT2D eigenvalue weighted by Gasteiger charge is -2.43. The van der Waals surface area contributed by atoms with Gasteiger partial charge in [-0.3, -0.25) is 0 Å². The minimum Gasteiger partial charge on any atom is -0.200 e. The molecule has 154 valence electrons. The fourth-order valence-electron chi connectivity index (χ4n) is 4.17. The summed E-state index contributed by atoms with van der Waals surface area (Å²) in [6.07, 6.45) is 9.40. The van der Waals surface area contributed by atoms with Crippen molar-refractivity contribution in [3.8, 4) is 0 Å². The largest absolute Gasteiger partial charge is 0.200 e. The summed E-state index contributed by atoms with van der Waals surface area (Å²) in [6.45, 7) is 2.28. The van der Waals surface area contributed by atoms with Gasteiger partial charge in [0, 0.05) is 0 Å². The molecule has 3 heteroatoms. The second kappa shape index (κ2) is 12.9. The van der Waals surface area contributed by atoms with Crippen molar-refractivity contribution in [3.63, 3.8) is 0 Å². The lowest BCUT2D eigenvalue weighted by atomic mass is 9.14. The van der Waals surface area contributed by atoms with Crippen LogP contribution < -0.4 is 16.4 Å². The lowest BCUT2D eigenvalue weighted by molar-refractivity contribution is 0.874. The maximum Gasteiger partial charge on any atom is 0.152 e. The van der Waals surface area contributed by atoms with Gasteiger partial charge in [0.1, 0.15) is 0 Å². The van der Waals surface area contributed by atoms with Crippen molar-refractivity contribution in [2.75, 3.05) is 23.9 Å². The van der Waals surface area contributed by atoms with Crippen LogP contribution in [-0.4, -0.2) is 30.0 Å². The predicted octanol–water partition coefficient (Wildman–Crippen LogP) is 5.14. The van der Waals surface area contributed by atoms with Gasteiger partial charge in [0.25, 0.3) is 0 Å². The highest BCUT2D eigenvalue weighted by atomic mass is 32.2. The molecular weight excluding hydrogens is 387 g/mol. The zero-order valence-electron chi connectivity index (χ0n) is 18.4. The van der Waals surface area contributed by atoms with Crippen LogP contribution in [0.2, 0.25) is 6.32 Å². The minimum absolute atomic E-state index is 0.647. The molecule has 0 atom stereocenters. The van der Waals surface area contributed by atoms with Gasteiger partial charge in [-0.25, -0.2) is 0 Å². The van der Waals surface area contributed by atoms with Gasteiger partial charge in [0.05, 0.1) is 18.7 Å². The third kappa shape index (κ3) is 6.72. The summed E-state index contributed by atoms with van der Waals surface area (Å²) in [5, 5.41) is 1.32. The molecule has 0 aromatic heterocycles. The standard InChI is InChI=1S/C22H24B.C4H11S2/c1-2-3-19-23(20-13-7-4-8-14-20,21-15-9-5-10-16-21)22-17-11-6-12-18-22;1-5-4-6(2)3/h4-18H,2-3,19H2,1H3;4H2,1-3H3/q-1;+1. The van der Waals surface area contributed by atoms with Crippen molar-refractivity contribution in [1.82, 2.24) is 0 Å². The van der Waals surface area contributed by atoms with E-state index in [1.165, 1.54) is 40.6 Å². The number of unbranched alkanes of at least 4 members (excludes halogenated alkanes) is 1. The van der Waals surface area contributed by atoms with Gasteiger partial charge in [0.15, 0.2) is 5.08 Å². The third-order valence-electron chi connectivity index (χ3n) is 5.45. The van der Waals surface area contributed by atoms with Crippen molar-refractivity contribution in [3.05, 3.63) is 91.0 Å². The molecule has 29 heavy (non-hydrogen) atoms. The Kier molecular flexibility index (Phi) is 10.5. The monoisotopic (exact) mass is 422 g/mol. The first-order valence-corrected chi connectivity index (χ1v) is 14.1. The summed E-state index contributed by atoms with van der Waals surface area (Å²) in [5.74, 6) is 0. The molecule has 0 amide bonds. The average molecular weight is 423 g/mol. The van der Waals surface area contributed by atoms with E-state index in [1.54, 1.807) is 0 Å². The van der Waals surface area contributed by atoms with Gasteiger partial charge >= 0.3 is 0 Å². The molecule has 0 nitrogen and oxygen atoms in total. The van der Waals surface area contributed by atoms with Gasteiger partial charge in [-0.1, -0.05) is 111 Å². The van der Waals surface area contributed by atoms with E-state index in [4.69, 9.17) is 0 Å². The van der Waals surface area contributed by atoms with Gasteiger partial charge in [-0.2, -0.15) is 22.7 Å². The Morgan fingerprint density at radius 3 is 1.31 bits per heavy atom. The van der Waals surface area contributed by atoms with Crippen LogP contribution in [-0.2, 0) is 10.9 Å². The molecule has 0 radical (unpaired) electrons. The van der Waals surface area contributed by atoms with Crippen molar-refractivity contribution in [1.29, 1.82) is 0 Å². The Hall–Kier alpha value is -1.58. The number of hydrogen-bond acceptors (Lipinski definition) is 1. The zero-order chi connectivity index (χ0) is 21.0. The molecule has 3 rings (SSSR count). The van der Waals surface area contributed by atoms with Gasteiger partial charge in [-0.15, -0.1) is 11.8 Å². The third-order valence-corrected chi connectivity index (χ3v) is 8.28. The number of benzene rings is 3. The van der Waals surface area contributed by atoms with Crippen molar-refractivity contribution in [2.24, 2.45) is 0 Å². The van der Waals surface area contributed by atoms with Crippen molar-refractivity contribution < 1.29 is 0 Å². The highest BCUT2D eigenvalue weighted by molar-refractivity contribution is 8.13. The molecule has 0 N–H and O–H groups in total. The maximum absolute atomic E-state index is 2.30. The lowest BCUT2D eigenvalue weighted by Crippen LogP contribution is -2.66. The molecule has 0 spiro atoms. The average Bonchev–Trinajstić information content (AvgIpc) is 2.77. The van der Waals surface area contributed by atoms with Gasteiger partial charge < -0.3 is 0 Å². The van der Waals surface area contributed by atoms with Gasteiger partial charge in [-0.05, 0) is 17.2 Å². The van der Waals surface area contributed by atoms with E-state index in [2.05, 4.69) is 117 Å². The molecule has 0 bridgehead atoms. The number of hydrogen-bond donors (Lipinski definition) is 0.